The molecular formula is C62H37NS. The van der Waals surface area contributed by atoms with Crippen LogP contribution in [-0.4, -0.2) is 4.98 Å². The fourth-order valence-electron chi connectivity index (χ4n) is 12.2. The molecule has 3 aliphatic rings. The van der Waals surface area contributed by atoms with E-state index >= 15 is 0 Å². The maximum atomic E-state index is 5.23. The second kappa shape index (κ2) is 12.3. The van der Waals surface area contributed by atoms with Crippen LogP contribution in [0.25, 0.3) is 142 Å². The zero-order chi connectivity index (χ0) is 42.0. The molecule has 1 aromatic heterocycles. The molecule has 1 heterocycles. The van der Waals surface area contributed by atoms with Crippen LogP contribution in [-0.2, 0) is 5.41 Å². The Balaban J connectivity index is 1.13. The Morgan fingerprint density at radius 3 is 1.48 bits per heavy atom. The Labute approximate surface area is 374 Å². The number of hydrogen-bond acceptors (Lipinski definition) is 2. The van der Waals surface area contributed by atoms with Crippen molar-refractivity contribution in [1.29, 1.82) is 0 Å². The summed E-state index contributed by atoms with van der Waals surface area (Å²) in [7, 11) is 0. The van der Waals surface area contributed by atoms with Crippen molar-refractivity contribution in [3.8, 4) is 88.5 Å². The van der Waals surface area contributed by atoms with Gasteiger partial charge >= 0.3 is 0 Å². The topological polar surface area (TPSA) is 12.9 Å². The molecule has 3 aliphatic carbocycles. The lowest BCUT2D eigenvalue weighted by Gasteiger charge is -2.25. The van der Waals surface area contributed by atoms with E-state index in [0.717, 1.165) is 16.1 Å². The number of thiazole rings is 1. The first-order chi connectivity index (χ1) is 31.5. The summed E-state index contributed by atoms with van der Waals surface area (Å²) in [6.45, 7) is 4.82. The van der Waals surface area contributed by atoms with Gasteiger partial charge in [-0.2, -0.15) is 0 Å². The predicted octanol–water partition coefficient (Wildman–Crippen LogP) is 17.5. The lowest BCUT2D eigenvalue weighted by atomic mass is 9.78. The highest BCUT2D eigenvalue weighted by molar-refractivity contribution is 7.21. The van der Waals surface area contributed by atoms with Crippen molar-refractivity contribution < 1.29 is 0 Å². The molecule has 0 aliphatic heterocycles. The molecule has 15 rings (SSSR count). The van der Waals surface area contributed by atoms with E-state index in [9.17, 15) is 0 Å². The SMILES string of the molecule is CC1(C)c2ccccc2-c2cc3c(-c4ccc5c6c(cccc46)-c4ccccc4-5)c4ccc(-c5nc6ccccc6s5)cc4c(-c4ccc5c6c(cccc46)-c4ccccc4-5)c3cc21. The standard InChI is InChI=1S/C62H37NS/c1-62(2)53-22-8-7-17-39(53)49-32-51-52(33-54(49)62)60(47-30-28-45-38-16-6-4-14-36(38)41-19-12-21-43(47)58(41)45)50-31-34(61-63-55-23-9-10-24-56(55)64-61)25-26-48(50)59(51)46-29-27-44-37-15-5-3-13-35(37)40-18-11-20-42(46)57(40)44/h3-33H,1-2H3. The third-order valence-electron chi connectivity index (χ3n) is 15.0. The molecule has 12 aromatic rings. The highest BCUT2D eigenvalue weighted by atomic mass is 32.1. The van der Waals surface area contributed by atoms with E-state index in [0.29, 0.717) is 0 Å². The lowest BCUT2D eigenvalue weighted by molar-refractivity contribution is 0.661. The van der Waals surface area contributed by atoms with E-state index in [1.807, 2.05) is 0 Å². The van der Waals surface area contributed by atoms with Crippen molar-refractivity contribution in [1.82, 2.24) is 4.98 Å². The Morgan fingerprint density at radius 2 is 0.844 bits per heavy atom. The third-order valence-corrected chi connectivity index (χ3v) is 16.1. The number of para-hydroxylation sites is 1. The third kappa shape index (κ3) is 4.41. The Bertz CT molecular complexity index is 4010. The second-order valence-electron chi connectivity index (χ2n) is 18.5. The van der Waals surface area contributed by atoms with Crippen LogP contribution in [0.1, 0.15) is 25.0 Å². The lowest BCUT2D eigenvalue weighted by Crippen LogP contribution is -2.14. The Hall–Kier alpha value is -7.65. The number of benzene rings is 11. The average Bonchev–Trinajstić information content (AvgIpc) is 4.07. The second-order valence-corrected chi connectivity index (χ2v) is 19.5. The first kappa shape index (κ1) is 34.9. The smallest absolute Gasteiger partial charge is 0.124 e. The van der Waals surface area contributed by atoms with Gasteiger partial charge in [0, 0.05) is 11.0 Å². The molecule has 0 radical (unpaired) electrons. The van der Waals surface area contributed by atoms with Crippen LogP contribution in [0.5, 0.6) is 0 Å². The molecule has 0 fully saturated rings. The highest BCUT2D eigenvalue weighted by Crippen LogP contribution is 2.57. The van der Waals surface area contributed by atoms with Gasteiger partial charge in [-0.25, -0.2) is 4.98 Å². The van der Waals surface area contributed by atoms with E-state index in [-0.39, 0.29) is 5.41 Å². The van der Waals surface area contributed by atoms with Gasteiger partial charge in [0.25, 0.3) is 0 Å². The minimum atomic E-state index is -0.174. The van der Waals surface area contributed by atoms with Gasteiger partial charge in [0.05, 0.1) is 10.2 Å². The summed E-state index contributed by atoms with van der Waals surface area (Å²) in [5.74, 6) is 0. The van der Waals surface area contributed by atoms with Gasteiger partial charge in [-0.15, -0.1) is 11.3 Å². The zero-order valence-corrected chi connectivity index (χ0v) is 36.1. The Kier molecular flexibility index (Phi) is 6.70. The molecule has 0 saturated heterocycles. The molecule has 296 valence electrons. The van der Waals surface area contributed by atoms with Crippen molar-refractivity contribution in [2.24, 2.45) is 0 Å². The Morgan fingerprint density at radius 1 is 0.344 bits per heavy atom. The molecule has 1 nitrogen and oxygen atoms in total. The largest absolute Gasteiger partial charge is 0.236 e. The summed E-state index contributed by atoms with van der Waals surface area (Å²) >= 11 is 1.78. The molecule has 0 bridgehead atoms. The monoisotopic (exact) mass is 827 g/mol. The van der Waals surface area contributed by atoms with Gasteiger partial charge in [0.15, 0.2) is 0 Å². The van der Waals surface area contributed by atoms with Crippen molar-refractivity contribution in [2.75, 3.05) is 0 Å². The van der Waals surface area contributed by atoms with Crippen molar-refractivity contribution >= 4 is 64.6 Å². The van der Waals surface area contributed by atoms with Gasteiger partial charge in [0.2, 0.25) is 0 Å². The van der Waals surface area contributed by atoms with E-state index in [1.165, 1.54) is 137 Å². The first-order valence-corrected chi connectivity index (χ1v) is 23.2. The molecule has 0 atom stereocenters. The molecule has 0 amide bonds. The summed E-state index contributed by atoms with van der Waals surface area (Å²) in [5.41, 5.74) is 23.1. The first-order valence-electron chi connectivity index (χ1n) is 22.4. The van der Waals surface area contributed by atoms with Gasteiger partial charge in [-0.3, -0.25) is 0 Å². The number of aromatic nitrogens is 1. The van der Waals surface area contributed by atoms with Crippen LogP contribution in [0, 0.1) is 0 Å². The highest BCUT2D eigenvalue weighted by Gasteiger charge is 2.37. The number of rotatable bonds is 3. The summed E-state index contributed by atoms with van der Waals surface area (Å²) < 4.78 is 1.20. The minimum absolute atomic E-state index is 0.174. The normalized spacial score (nSPS) is 13.6. The van der Waals surface area contributed by atoms with Crippen molar-refractivity contribution in [3.05, 3.63) is 199 Å². The molecule has 0 spiro atoms. The fourth-order valence-corrected chi connectivity index (χ4v) is 13.1. The summed E-state index contributed by atoms with van der Waals surface area (Å²) in [6, 6.07) is 71.3. The molecule has 0 unspecified atom stereocenters. The van der Waals surface area contributed by atoms with Crippen LogP contribution in [0.4, 0.5) is 0 Å². The van der Waals surface area contributed by atoms with E-state index in [2.05, 4.69) is 202 Å². The van der Waals surface area contributed by atoms with Gasteiger partial charge in [0.1, 0.15) is 5.01 Å². The number of hydrogen-bond donors (Lipinski definition) is 0. The van der Waals surface area contributed by atoms with Crippen LogP contribution < -0.4 is 0 Å². The van der Waals surface area contributed by atoms with E-state index < -0.39 is 0 Å². The van der Waals surface area contributed by atoms with E-state index in [1.54, 1.807) is 11.3 Å². The van der Waals surface area contributed by atoms with Crippen LogP contribution in [0.3, 0.4) is 0 Å². The maximum Gasteiger partial charge on any atom is 0.124 e. The molecule has 64 heavy (non-hydrogen) atoms. The number of nitrogens with zero attached hydrogens (tertiary/aromatic N) is 1. The summed E-state index contributed by atoms with van der Waals surface area (Å²) in [4.78, 5) is 5.23. The molecule has 0 N–H and O–H groups in total. The average molecular weight is 828 g/mol. The van der Waals surface area contributed by atoms with Crippen molar-refractivity contribution in [2.45, 2.75) is 19.3 Å². The van der Waals surface area contributed by atoms with Crippen molar-refractivity contribution in [3.63, 3.8) is 0 Å². The quantitative estimate of drug-likeness (QED) is 0.162. The zero-order valence-electron chi connectivity index (χ0n) is 35.3. The maximum absolute atomic E-state index is 5.23. The fraction of sp³-hybridized carbons (Fsp3) is 0.0484. The van der Waals surface area contributed by atoms with Crippen LogP contribution in [0.15, 0.2) is 188 Å². The minimum Gasteiger partial charge on any atom is -0.236 e. The van der Waals surface area contributed by atoms with Crippen LogP contribution in [0.2, 0.25) is 0 Å². The summed E-state index contributed by atoms with van der Waals surface area (Å²) in [6.07, 6.45) is 0. The number of fused-ring (bicyclic) bond motifs is 12. The molecule has 11 aromatic carbocycles. The predicted molar refractivity (Wildman–Crippen MR) is 272 cm³/mol. The summed E-state index contributed by atoms with van der Waals surface area (Å²) in [5, 5.41) is 11.4. The van der Waals surface area contributed by atoms with Gasteiger partial charge in [-0.05, 0) is 162 Å². The van der Waals surface area contributed by atoms with Gasteiger partial charge < -0.3 is 0 Å². The molecule has 0 saturated carbocycles. The van der Waals surface area contributed by atoms with Crippen LogP contribution >= 0.6 is 11.3 Å². The molecule has 2 heteroatoms. The molecular weight excluding hydrogens is 791 g/mol. The van der Waals surface area contributed by atoms with Gasteiger partial charge in [-0.1, -0.05) is 172 Å². The van der Waals surface area contributed by atoms with E-state index in [4.69, 9.17) is 4.98 Å².